The van der Waals surface area contributed by atoms with Crippen LogP contribution in [0, 0.1) is 0 Å². The average Bonchev–Trinajstić information content (AvgIpc) is 3.14. The second-order valence-corrected chi connectivity index (χ2v) is 14.6. The number of ether oxygens (including phenoxy) is 2. The molecule has 53 heavy (non-hydrogen) atoms. The van der Waals surface area contributed by atoms with E-state index in [1.807, 2.05) is 12.2 Å². The number of phosphoric acid groups is 1. The van der Waals surface area contributed by atoms with Crippen LogP contribution in [0.15, 0.2) is 72.9 Å². The Morgan fingerprint density at radius 1 is 0.585 bits per heavy atom. The number of hydrogen-bond acceptors (Lipinski definition) is 8. The smallest absolute Gasteiger partial charge is 0.462 e. The number of unbranched alkanes of at least 4 members (excludes halogenated alkanes) is 12. The highest BCUT2D eigenvalue weighted by Gasteiger charge is 2.25. The van der Waals surface area contributed by atoms with Crippen LogP contribution in [0.1, 0.15) is 155 Å². The van der Waals surface area contributed by atoms with Gasteiger partial charge in [0, 0.05) is 19.4 Å². The number of carbonyl (C=O) groups is 2. The van der Waals surface area contributed by atoms with E-state index >= 15 is 0 Å². The van der Waals surface area contributed by atoms with Gasteiger partial charge in [0.15, 0.2) is 6.10 Å². The van der Waals surface area contributed by atoms with E-state index in [4.69, 9.17) is 24.3 Å². The van der Waals surface area contributed by atoms with Gasteiger partial charge in [0.25, 0.3) is 0 Å². The van der Waals surface area contributed by atoms with E-state index in [1.54, 1.807) is 0 Å². The number of nitrogens with two attached hydrogens (primary N) is 1. The fraction of sp³-hybridized carbons (Fsp3) is 0.674. The summed E-state index contributed by atoms with van der Waals surface area (Å²) in [5, 5.41) is 0. The Morgan fingerprint density at radius 3 is 1.64 bits per heavy atom. The van der Waals surface area contributed by atoms with Crippen LogP contribution in [0.5, 0.6) is 0 Å². The van der Waals surface area contributed by atoms with Crippen LogP contribution in [-0.4, -0.2) is 49.3 Å². The van der Waals surface area contributed by atoms with Crippen molar-refractivity contribution in [3.8, 4) is 0 Å². The molecule has 0 aliphatic carbocycles. The number of allylic oxidation sites excluding steroid dienone is 12. The van der Waals surface area contributed by atoms with E-state index in [1.165, 1.54) is 64.2 Å². The van der Waals surface area contributed by atoms with E-state index in [9.17, 15) is 19.0 Å². The molecule has 0 aromatic rings. The largest absolute Gasteiger partial charge is 0.472 e. The van der Waals surface area contributed by atoms with Crippen molar-refractivity contribution in [3.05, 3.63) is 72.9 Å². The highest BCUT2D eigenvalue weighted by atomic mass is 31.2. The quantitative estimate of drug-likeness (QED) is 0.0274. The standard InChI is InChI=1S/C43H74NO8P/c1-3-5-7-9-11-13-15-17-19-20-22-23-25-27-29-31-33-35-42(45)49-39-41(40-51-53(47,48)50-38-37-44)52-43(46)36-34-32-30-28-26-24-21-18-16-14-12-10-8-6-4-2/h5,7,11,13,17,19,22-23,27,29-30,32,41H,3-4,6,8-10,12,14-16,18,20-21,24-26,28,31,33-40,44H2,1-2H3,(H,47,48)/b7-5+,13-11+,19-17+,23-22+,29-27+,32-30+/t41-/m1/s1. The summed E-state index contributed by atoms with van der Waals surface area (Å²) >= 11 is 0. The molecule has 0 aromatic heterocycles. The van der Waals surface area contributed by atoms with Crippen molar-refractivity contribution in [3.63, 3.8) is 0 Å². The normalized spacial score (nSPS) is 14.1. The number of phosphoric ester groups is 1. The molecule has 3 N–H and O–H groups in total. The van der Waals surface area contributed by atoms with Crippen LogP contribution in [0.25, 0.3) is 0 Å². The number of carbonyl (C=O) groups excluding carboxylic acids is 2. The summed E-state index contributed by atoms with van der Waals surface area (Å²) in [6, 6.07) is 0. The third-order valence-corrected chi connectivity index (χ3v) is 9.07. The molecule has 304 valence electrons. The monoisotopic (exact) mass is 764 g/mol. The van der Waals surface area contributed by atoms with Crippen molar-refractivity contribution >= 4 is 19.8 Å². The summed E-state index contributed by atoms with van der Waals surface area (Å²) in [5.74, 6) is -0.960. The van der Waals surface area contributed by atoms with E-state index in [0.717, 1.165) is 51.4 Å². The third kappa shape index (κ3) is 39.0. The van der Waals surface area contributed by atoms with Crippen molar-refractivity contribution in [1.29, 1.82) is 0 Å². The Balaban J connectivity index is 4.34. The first-order chi connectivity index (χ1) is 25.8. The second-order valence-electron chi connectivity index (χ2n) is 13.1. The molecule has 0 fully saturated rings. The Morgan fingerprint density at radius 2 is 1.08 bits per heavy atom. The molecule has 10 heteroatoms. The van der Waals surface area contributed by atoms with Gasteiger partial charge in [0.2, 0.25) is 0 Å². The molecule has 2 atom stereocenters. The topological polar surface area (TPSA) is 134 Å². The zero-order valence-electron chi connectivity index (χ0n) is 33.2. The van der Waals surface area contributed by atoms with Gasteiger partial charge < -0.3 is 20.1 Å². The molecule has 0 rings (SSSR count). The van der Waals surface area contributed by atoms with Gasteiger partial charge in [-0.2, -0.15) is 0 Å². The predicted octanol–water partition coefficient (Wildman–Crippen LogP) is 11.5. The first kappa shape index (κ1) is 50.5. The van der Waals surface area contributed by atoms with Crippen molar-refractivity contribution in [2.75, 3.05) is 26.4 Å². The third-order valence-electron chi connectivity index (χ3n) is 8.09. The van der Waals surface area contributed by atoms with Crippen LogP contribution in [0.4, 0.5) is 0 Å². The molecule has 9 nitrogen and oxygen atoms in total. The fourth-order valence-corrected chi connectivity index (χ4v) is 5.86. The Kier molecular flexibility index (Phi) is 37.3. The van der Waals surface area contributed by atoms with Gasteiger partial charge in [-0.25, -0.2) is 4.57 Å². The predicted molar refractivity (Wildman–Crippen MR) is 219 cm³/mol. The van der Waals surface area contributed by atoms with Crippen LogP contribution in [0.2, 0.25) is 0 Å². The van der Waals surface area contributed by atoms with Crippen LogP contribution < -0.4 is 5.73 Å². The van der Waals surface area contributed by atoms with E-state index in [2.05, 4.69) is 74.6 Å². The lowest BCUT2D eigenvalue weighted by atomic mass is 10.1. The van der Waals surface area contributed by atoms with Crippen LogP contribution in [-0.2, 0) is 32.7 Å². The van der Waals surface area contributed by atoms with E-state index in [-0.39, 0.29) is 32.6 Å². The summed E-state index contributed by atoms with van der Waals surface area (Å²) < 4.78 is 32.6. The highest BCUT2D eigenvalue weighted by molar-refractivity contribution is 7.47. The first-order valence-corrected chi connectivity index (χ1v) is 21.9. The molecule has 0 saturated carbocycles. The molecule has 0 aliphatic rings. The van der Waals surface area contributed by atoms with Gasteiger partial charge in [-0.05, 0) is 64.2 Å². The van der Waals surface area contributed by atoms with Gasteiger partial charge in [0.05, 0.1) is 13.2 Å². The molecule has 0 bridgehead atoms. The first-order valence-electron chi connectivity index (χ1n) is 20.4. The average molecular weight is 764 g/mol. The minimum atomic E-state index is -4.40. The SMILES string of the molecule is CC/C=C/C/C=C/C/C=C/C/C=C/C/C=C/CCCC(=O)OC[C@H](COP(=O)(O)OCCN)OC(=O)CC/C=C/CCCCCCCCCCCCC. The second kappa shape index (κ2) is 39.2. The maximum Gasteiger partial charge on any atom is 0.472 e. The van der Waals surface area contributed by atoms with E-state index in [0.29, 0.717) is 12.8 Å². The molecule has 0 amide bonds. The maximum absolute atomic E-state index is 12.5. The Labute approximate surface area is 322 Å². The van der Waals surface area contributed by atoms with Crippen LogP contribution in [0.3, 0.4) is 0 Å². The van der Waals surface area contributed by atoms with Gasteiger partial charge in [0.1, 0.15) is 6.61 Å². The zero-order valence-corrected chi connectivity index (χ0v) is 34.1. The molecule has 0 aliphatic heterocycles. The van der Waals surface area contributed by atoms with Crippen molar-refractivity contribution in [2.45, 2.75) is 161 Å². The van der Waals surface area contributed by atoms with Crippen molar-refractivity contribution in [1.82, 2.24) is 0 Å². The van der Waals surface area contributed by atoms with Gasteiger partial charge in [-0.3, -0.25) is 18.6 Å². The number of esters is 2. The lowest BCUT2D eigenvalue weighted by Gasteiger charge is -2.19. The Bertz CT molecular complexity index is 1100. The summed E-state index contributed by atoms with van der Waals surface area (Å²) in [5.41, 5.74) is 5.33. The van der Waals surface area contributed by atoms with Gasteiger partial charge >= 0.3 is 19.8 Å². The van der Waals surface area contributed by atoms with E-state index < -0.39 is 32.5 Å². The molecule has 0 heterocycles. The van der Waals surface area contributed by atoms with Crippen molar-refractivity contribution in [2.24, 2.45) is 5.73 Å². The summed E-state index contributed by atoms with van der Waals surface area (Å²) in [6.07, 6.45) is 46.7. The molecule has 0 aromatic carbocycles. The maximum atomic E-state index is 12.5. The molecular weight excluding hydrogens is 689 g/mol. The highest BCUT2D eigenvalue weighted by Crippen LogP contribution is 2.43. The fourth-order valence-electron chi connectivity index (χ4n) is 5.10. The molecule has 0 saturated heterocycles. The molecule has 0 spiro atoms. The summed E-state index contributed by atoms with van der Waals surface area (Å²) in [7, 11) is -4.40. The zero-order chi connectivity index (χ0) is 38.9. The minimum absolute atomic E-state index is 0.0380. The number of rotatable bonds is 37. The minimum Gasteiger partial charge on any atom is -0.462 e. The summed E-state index contributed by atoms with van der Waals surface area (Å²) in [4.78, 5) is 34.7. The lowest BCUT2D eigenvalue weighted by molar-refractivity contribution is -0.161. The van der Waals surface area contributed by atoms with Crippen LogP contribution >= 0.6 is 7.82 Å². The molecular formula is C43H74NO8P. The molecule has 1 unspecified atom stereocenters. The van der Waals surface area contributed by atoms with Gasteiger partial charge in [-0.1, -0.05) is 151 Å². The molecule has 0 radical (unpaired) electrons. The Hall–Kier alpha value is -2.55. The van der Waals surface area contributed by atoms with Crippen molar-refractivity contribution < 1.29 is 37.6 Å². The summed E-state index contributed by atoms with van der Waals surface area (Å²) in [6.45, 7) is 3.49. The number of hydrogen-bond donors (Lipinski definition) is 2. The van der Waals surface area contributed by atoms with Gasteiger partial charge in [-0.15, -0.1) is 0 Å². The lowest BCUT2D eigenvalue weighted by Crippen LogP contribution is -2.29.